The minimum atomic E-state index is -0.119. The lowest BCUT2D eigenvalue weighted by molar-refractivity contribution is 1.15. The highest BCUT2D eigenvalue weighted by Crippen LogP contribution is 2.52. The minimum absolute atomic E-state index is 0.119. The van der Waals surface area contributed by atoms with Crippen LogP contribution >= 0.6 is 11.8 Å². The fourth-order valence-corrected chi connectivity index (χ4v) is 17.3. The number of para-hydroxylation sites is 7. The van der Waals surface area contributed by atoms with Gasteiger partial charge < -0.3 is 18.6 Å². The first-order chi connectivity index (χ1) is 45.7. The largest absolute Gasteiger partial charge is 0.310 e. The quantitative estimate of drug-likeness (QED) is 0.117. The highest BCUT2D eigenvalue weighted by molar-refractivity contribution is 8.00. The van der Waals surface area contributed by atoms with Crippen molar-refractivity contribution < 1.29 is 0 Å². The van der Waals surface area contributed by atoms with Crippen LogP contribution in [0.2, 0.25) is 0 Å². The molecule has 0 amide bonds. The Hall–Kier alpha value is -11.6. The molecule has 0 atom stereocenters. The summed E-state index contributed by atoms with van der Waals surface area (Å²) >= 11 is 1.92. The van der Waals surface area contributed by atoms with Crippen molar-refractivity contribution in [2.75, 3.05) is 4.90 Å². The van der Waals surface area contributed by atoms with Crippen LogP contribution in [-0.4, -0.2) is 20.4 Å². The second kappa shape index (κ2) is 20.0. The minimum Gasteiger partial charge on any atom is -0.310 e. The number of benzene rings is 15. The third kappa shape index (κ3) is 7.38. The van der Waals surface area contributed by atoms with Gasteiger partial charge in [0.25, 0.3) is 0 Å². The molecule has 0 fully saturated rings. The zero-order valence-corrected chi connectivity index (χ0v) is 50.7. The van der Waals surface area contributed by atoms with Crippen molar-refractivity contribution in [1.29, 1.82) is 0 Å². The van der Waals surface area contributed by atoms with Crippen molar-refractivity contribution in [3.8, 4) is 50.4 Å². The molecule has 6 heteroatoms. The van der Waals surface area contributed by atoms with Crippen molar-refractivity contribution in [3.63, 3.8) is 0 Å². The zero-order valence-electron chi connectivity index (χ0n) is 49.9. The van der Waals surface area contributed by atoms with Crippen molar-refractivity contribution in [2.45, 2.75) is 9.79 Å². The number of rotatable bonds is 7. The maximum absolute atomic E-state index is 2.69. The van der Waals surface area contributed by atoms with Gasteiger partial charge in [-0.2, -0.15) is 0 Å². The van der Waals surface area contributed by atoms with Crippen LogP contribution in [-0.2, 0) is 0 Å². The third-order valence-electron chi connectivity index (χ3n) is 19.8. The lowest BCUT2D eigenvalue weighted by Gasteiger charge is -2.42. The molecule has 5 heterocycles. The predicted molar refractivity (Wildman–Crippen MR) is 391 cm³/mol. The van der Waals surface area contributed by atoms with Gasteiger partial charge in [-0.3, -0.25) is 0 Å². The smallest absolute Gasteiger partial charge is 0.249 e. The van der Waals surface area contributed by atoms with Crippen LogP contribution in [0.5, 0.6) is 0 Å². The van der Waals surface area contributed by atoms with Crippen LogP contribution < -0.4 is 21.3 Å². The number of hydrogen-bond donors (Lipinski definition) is 0. The number of aromatic nitrogens is 3. The summed E-state index contributed by atoms with van der Waals surface area (Å²) in [6.07, 6.45) is 0. The summed E-state index contributed by atoms with van der Waals surface area (Å²) in [4.78, 5) is 5.18. The van der Waals surface area contributed by atoms with E-state index in [0.29, 0.717) is 0 Å². The van der Waals surface area contributed by atoms with Crippen LogP contribution in [0, 0.1) is 0 Å². The highest BCUT2D eigenvalue weighted by Gasteiger charge is 2.43. The molecule has 0 radical (unpaired) electrons. The summed E-state index contributed by atoms with van der Waals surface area (Å²) in [6.45, 7) is -0.119. The van der Waals surface area contributed by atoms with Crippen LogP contribution in [0.15, 0.2) is 331 Å². The second-order valence-electron chi connectivity index (χ2n) is 24.6. The van der Waals surface area contributed by atoms with E-state index in [-0.39, 0.29) is 6.71 Å². The number of fused-ring (bicyclic) bond motifs is 15. The van der Waals surface area contributed by atoms with E-state index in [1.54, 1.807) is 0 Å². The van der Waals surface area contributed by atoms with Gasteiger partial charge in [0.1, 0.15) is 0 Å². The maximum atomic E-state index is 2.69. The molecule has 0 unspecified atom stereocenters. The molecule has 0 bridgehead atoms. The van der Waals surface area contributed by atoms with E-state index < -0.39 is 0 Å². The predicted octanol–water partition coefficient (Wildman–Crippen LogP) is 21.0. The normalized spacial score (nSPS) is 12.7. The standard InChI is InChI=1S/C86H53BN4S/c1-3-24-54(25-4-1)59-38-23-39-60(55-26-5-2-6-27-55)85(59)91-79-50-56(83-67-34-7-9-36-69(67)86(70-37-10-8-35-68(70)83)90-77-44-21-15-32-65(77)66-33-16-22-45-78(66)90)46-48-71(79)87-72-49-47-57(88-73-40-17-11-28-61(73)62-29-12-18-41-74(62)88)52-81(72)92-82-53-58(51-80(91)84(82)87)89-75-42-19-13-30-63(75)64-31-14-20-43-76(64)89/h1-53H. The van der Waals surface area contributed by atoms with Gasteiger partial charge in [-0.25, -0.2) is 0 Å². The van der Waals surface area contributed by atoms with Gasteiger partial charge in [-0.1, -0.05) is 272 Å². The molecule has 20 rings (SSSR count). The number of nitrogens with zero attached hydrogens (tertiary/aromatic N) is 4. The highest BCUT2D eigenvalue weighted by atomic mass is 32.2. The molecule has 0 saturated carbocycles. The second-order valence-corrected chi connectivity index (χ2v) is 25.7. The molecular formula is C86H53BN4S. The van der Waals surface area contributed by atoms with E-state index in [4.69, 9.17) is 0 Å². The number of hydrogen-bond acceptors (Lipinski definition) is 2. The van der Waals surface area contributed by atoms with Crippen LogP contribution in [0.4, 0.5) is 17.1 Å². The Balaban J connectivity index is 0.914. The Bertz CT molecular complexity index is 5860. The van der Waals surface area contributed by atoms with E-state index in [2.05, 4.69) is 340 Å². The van der Waals surface area contributed by atoms with E-state index in [1.165, 1.54) is 124 Å². The SMILES string of the molecule is c1ccc(-c2cccc(-c3ccccc3)c2N2c3cc(-c4c5ccccc5c(-n5c6ccccc6c6ccccc65)c5ccccc45)ccc3B3c4ccc(-n5c6ccccc6c6ccccc65)cc4Sc4cc(-n5c6ccccc6c6ccccc65)cc2c43)cc1. The molecule has 0 saturated heterocycles. The van der Waals surface area contributed by atoms with Gasteiger partial charge in [0.15, 0.2) is 0 Å². The topological polar surface area (TPSA) is 18.0 Å². The molecule has 18 aromatic rings. The number of anilines is 3. The summed E-state index contributed by atoms with van der Waals surface area (Å²) in [6, 6.07) is 121. The third-order valence-corrected chi connectivity index (χ3v) is 21.0. The first kappa shape index (κ1) is 51.3. The van der Waals surface area contributed by atoms with E-state index in [0.717, 1.165) is 56.3 Å². The van der Waals surface area contributed by atoms with Crippen molar-refractivity contribution in [3.05, 3.63) is 322 Å². The van der Waals surface area contributed by atoms with E-state index in [9.17, 15) is 0 Å². The first-order valence-electron chi connectivity index (χ1n) is 31.8. The van der Waals surface area contributed by atoms with Crippen molar-refractivity contribution in [2.24, 2.45) is 0 Å². The molecule has 92 heavy (non-hydrogen) atoms. The zero-order chi connectivity index (χ0) is 60.1. The first-order valence-corrected chi connectivity index (χ1v) is 32.6. The maximum Gasteiger partial charge on any atom is 0.249 e. The van der Waals surface area contributed by atoms with Gasteiger partial charge in [0.05, 0.1) is 44.5 Å². The van der Waals surface area contributed by atoms with Gasteiger partial charge in [0.2, 0.25) is 6.71 Å². The molecule has 0 aliphatic carbocycles. The molecule has 15 aromatic carbocycles. The van der Waals surface area contributed by atoms with Crippen LogP contribution in [0.25, 0.3) is 137 Å². The molecule has 426 valence electrons. The Kier molecular flexibility index (Phi) is 11.1. The lowest BCUT2D eigenvalue weighted by atomic mass is 9.34. The fraction of sp³-hybridized carbons (Fsp3) is 0. The van der Waals surface area contributed by atoms with Gasteiger partial charge in [0, 0.05) is 86.8 Å². The van der Waals surface area contributed by atoms with Crippen LogP contribution in [0.3, 0.4) is 0 Å². The van der Waals surface area contributed by atoms with E-state index >= 15 is 0 Å². The average molecular weight is 1190 g/mol. The molecule has 2 aliphatic rings. The Morgan fingerprint density at radius 2 is 0.652 bits per heavy atom. The van der Waals surface area contributed by atoms with E-state index in [1.807, 2.05) is 11.8 Å². The Morgan fingerprint density at radius 3 is 1.14 bits per heavy atom. The summed E-state index contributed by atoms with van der Waals surface area (Å²) in [5.41, 5.74) is 24.9. The Morgan fingerprint density at radius 1 is 0.250 bits per heavy atom. The monoisotopic (exact) mass is 1180 g/mol. The summed E-state index contributed by atoms with van der Waals surface area (Å²) in [5.74, 6) is 0. The molecule has 3 aromatic heterocycles. The molecule has 0 spiro atoms. The lowest BCUT2D eigenvalue weighted by Crippen LogP contribution is -2.60. The van der Waals surface area contributed by atoms with Gasteiger partial charge in [-0.15, -0.1) is 0 Å². The molecule has 0 N–H and O–H groups in total. The molecule has 2 aliphatic heterocycles. The average Bonchev–Trinajstić information content (AvgIpc) is 0.736. The fourth-order valence-electron chi connectivity index (χ4n) is 16.1. The summed E-state index contributed by atoms with van der Waals surface area (Å²) in [7, 11) is 0. The summed E-state index contributed by atoms with van der Waals surface area (Å²) < 4.78 is 7.51. The van der Waals surface area contributed by atoms with Crippen molar-refractivity contribution in [1.82, 2.24) is 13.7 Å². The van der Waals surface area contributed by atoms with Gasteiger partial charge >= 0.3 is 0 Å². The summed E-state index contributed by atoms with van der Waals surface area (Å²) in [5, 5.41) is 12.3. The Labute approximate surface area is 535 Å². The molecular weight excluding hydrogens is 1130 g/mol. The van der Waals surface area contributed by atoms with Crippen LogP contribution in [0.1, 0.15) is 0 Å². The van der Waals surface area contributed by atoms with Gasteiger partial charge in [-0.05, 0) is 111 Å². The van der Waals surface area contributed by atoms with Crippen molar-refractivity contribution >= 4 is 139 Å². The molecule has 4 nitrogen and oxygen atoms in total.